The van der Waals surface area contributed by atoms with Crippen LogP contribution in [0.3, 0.4) is 0 Å². The van der Waals surface area contributed by atoms with E-state index < -0.39 is 0 Å². The molecule has 5 rings (SSSR count). The van der Waals surface area contributed by atoms with Gasteiger partial charge in [0, 0.05) is 23.1 Å². The third-order valence-corrected chi connectivity index (χ3v) is 5.50. The molecule has 158 valence electrons. The maximum Gasteiger partial charge on any atom is 0.150 e. The summed E-state index contributed by atoms with van der Waals surface area (Å²) in [6.45, 7) is 4.20. The molecular formula is C27H24N4O. The van der Waals surface area contributed by atoms with Gasteiger partial charge in [-0.3, -0.25) is 0 Å². The topological polar surface area (TPSA) is 52.0 Å². The van der Waals surface area contributed by atoms with Crippen molar-refractivity contribution in [2.24, 2.45) is 0 Å². The lowest BCUT2D eigenvalue weighted by Crippen LogP contribution is -1.99. The van der Waals surface area contributed by atoms with Crippen molar-refractivity contribution in [3.63, 3.8) is 0 Å². The van der Waals surface area contributed by atoms with Gasteiger partial charge in [0.05, 0.1) is 12.5 Å². The fourth-order valence-electron chi connectivity index (χ4n) is 4.12. The average molecular weight is 421 g/mol. The molecule has 0 saturated carbocycles. The number of benzene rings is 3. The van der Waals surface area contributed by atoms with E-state index >= 15 is 0 Å². The van der Waals surface area contributed by atoms with E-state index in [9.17, 15) is 0 Å². The minimum absolute atomic E-state index is 0.783. The number of anilines is 2. The Balaban J connectivity index is 1.72. The first-order valence-electron chi connectivity index (χ1n) is 10.5. The summed E-state index contributed by atoms with van der Waals surface area (Å²) < 4.78 is 7.43. The van der Waals surface area contributed by atoms with Gasteiger partial charge < -0.3 is 14.6 Å². The van der Waals surface area contributed by atoms with Crippen molar-refractivity contribution in [3.8, 4) is 22.6 Å². The first kappa shape index (κ1) is 19.8. The molecule has 0 amide bonds. The highest BCUT2D eigenvalue weighted by molar-refractivity contribution is 6.03. The molecule has 0 spiro atoms. The van der Waals surface area contributed by atoms with Crippen LogP contribution in [-0.2, 0) is 0 Å². The first-order chi connectivity index (χ1) is 15.6. The fraction of sp³-hybridized carbons (Fsp3) is 0.111. The number of hydrogen-bond donors (Lipinski definition) is 1. The van der Waals surface area contributed by atoms with Gasteiger partial charge in [0.25, 0.3) is 0 Å². The molecule has 5 aromatic rings. The number of aromatic nitrogens is 3. The van der Waals surface area contributed by atoms with Crippen LogP contribution in [-0.4, -0.2) is 21.6 Å². The number of nitrogens with one attached hydrogen (secondary N) is 1. The van der Waals surface area contributed by atoms with Gasteiger partial charge in [-0.1, -0.05) is 36.4 Å². The van der Waals surface area contributed by atoms with E-state index in [1.54, 1.807) is 13.4 Å². The Morgan fingerprint density at radius 1 is 0.844 bits per heavy atom. The van der Waals surface area contributed by atoms with E-state index in [0.717, 1.165) is 45.1 Å². The number of rotatable bonds is 5. The third-order valence-electron chi connectivity index (χ3n) is 5.50. The maximum absolute atomic E-state index is 5.33. The lowest BCUT2D eigenvalue weighted by atomic mass is 10.1. The Morgan fingerprint density at radius 3 is 2.25 bits per heavy atom. The Kier molecular flexibility index (Phi) is 5.07. The Morgan fingerprint density at radius 2 is 1.56 bits per heavy atom. The monoisotopic (exact) mass is 420 g/mol. The molecule has 0 bridgehead atoms. The molecule has 0 aliphatic rings. The molecule has 5 heteroatoms. The van der Waals surface area contributed by atoms with Gasteiger partial charge >= 0.3 is 0 Å². The van der Waals surface area contributed by atoms with E-state index in [0.29, 0.717) is 0 Å². The molecule has 0 unspecified atom stereocenters. The minimum Gasteiger partial charge on any atom is -0.497 e. The maximum atomic E-state index is 5.33. The highest BCUT2D eigenvalue weighted by atomic mass is 16.5. The zero-order chi connectivity index (χ0) is 22.1. The van der Waals surface area contributed by atoms with Gasteiger partial charge in [-0.05, 0) is 66.9 Å². The van der Waals surface area contributed by atoms with Gasteiger partial charge in [0.1, 0.15) is 17.9 Å². The molecule has 0 fully saturated rings. The second-order valence-corrected chi connectivity index (χ2v) is 7.90. The van der Waals surface area contributed by atoms with Crippen molar-refractivity contribution >= 4 is 22.5 Å². The number of ether oxygens (including phenoxy) is 1. The van der Waals surface area contributed by atoms with Crippen LogP contribution in [0.2, 0.25) is 0 Å². The summed E-state index contributed by atoms with van der Waals surface area (Å²) in [5.41, 5.74) is 7.46. The standard InChI is InChI=1S/C27H24N4O/c1-18-13-19(2)15-21(14-18)30-26-25-24(20-7-5-4-6-8-20)16-31(27(25)29-17-28-26)22-9-11-23(32-3)12-10-22/h4-17H,1-3H3,(H,28,29,30). The third kappa shape index (κ3) is 3.69. The molecule has 0 aliphatic carbocycles. The highest BCUT2D eigenvalue weighted by Gasteiger charge is 2.17. The summed E-state index contributed by atoms with van der Waals surface area (Å²) in [5.74, 6) is 1.60. The second kappa shape index (κ2) is 8.19. The Bertz CT molecular complexity index is 1370. The first-order valence-corrected chi connectivity index (χ1v) is 10.5. The smallest absolute Gasteiger partial charge is 0.150 e. The molecule has 0 saturated heterocycles. The predicted molar refractivity (Wildman–Crippen MR) is 130 cm³/mol. The van der Waals surface area contributed by atoms with Crippen LogP contribution in [0.15, 0.2) is 85.3 Å². The molecule has 0 aliphatic heterocycles. The van der Waals surface area contributed by atoms with Crippen molar-refractivity contribution < 1.29 is 4.74 Å². The van der Waals surface area contributed by atoms with Crippen LogP contribution in [0.5, 0.6) is 5.75 Å². The molecule has 2 aromatic heterocycles. The number of nitrogens with zero attached hydrogens (tertiary/aromatic N) is 3. The molecule has 0 atom stereocenters. The molecule has 0 radical (unpaired) electrons. The minimum atomic E-state index is 0.783. The van der Waals surface area contributed by atoms with Gasteiger partial charge in [0.2, 0.25) is 0 Å². The van der Waals surface area contributed by atoms with Crippen LogP contribution in [0.1, 0.15) is 11.1 Å². The predicted octanol–water partition coefficient (Wildman–Crippen LogP) is 6.46. The van der Waals surface area contributed by atoms with Crippen LogP contribution < -0.4 is 10.1 Å². The summed E-state index contributed by atoms with van der Waals surface area (Å²) >= 11 is 0. The van der Waals surface area contributed by atoms with Gasteiger partial charge in [-0.15, -0.1) is 0 Å². The van der Waals surface area contributed by atoms with Gasteiger partial charge in [-0.25, -0.2) is 9.97 Å². The molecule has 32 heavy (non-hydrogen) atoms. The van der Waals surface area contributed by atoms with Crippen molar-refractivity contribution in [3.05, 3.63) is 96.4 Å². The van der Waals surface area contributed by atoms with Crippen molar-refractivity contribution in [2.45, 2.75) is 13.8 Å². The number of methoxy groups -OCH3 is 1. The Labute approximate surface area is 187 Å². The molecule has 5 nitrogen and oxygen atoms in total. The SMILES string of the molecule is COc1ccc(-n2cc(-c3ccccc3)c3c(Nc4cc(C)cc(C)c4)ncnc32)cc1. The summed E-state index contributed by atoms with van der Waals surface area (Å²) in [6, 6.07) is 24.7. The van der Waals surface area contributed by atoms with Crippen molar-refractivity contribution in [2.75, 3.05) is 12.4 Å². The zero-order valence-electron chi connectivity index (χ0n) is 18.3. The van der Waals surface area contributed by atoms with E-state index in [-0.39, 0.29) is 0 Å². The second-order valence-electron chi connectivity index (χ2n) is 7.90. The molecular weight excluding hydrogens is 396 g/mol. The number of hydrogen-bond acceptors (Lipinski definition) is 4. The Hall–Kier alpha value is -4.12. The van der Waals surface area contributed by atoms with E-state index in [1.165, 1.54) is 11.1 Å². The summed E-state index contributed by atoms with van der Waals surface area (Å²) in [7, 11) is 1.67. The summed E-state index contributed by atoms with van der Waals surface area (Å²) in [5, 5.41) is 4.52. The lowest BCUT2D eigenvalue weighted by Gasteiger charge is -2.10. The van der Waals surface area contributed by atoms with E-state index in [4.69, 9.17) is 4.74 Å². The van der Waals surface area contributed by atoms with Crippen LogP contribution in [0, 0.1) is 13.8 Å². The van der Waals surface area contributed by atoms with Crippen molar-refractivity contribution in [1.82, 2.24) is 14.5 Å². The lowest BCUT2D eigenvalue weighted by molar-refractivity contribution is 0.415. The largest absolute Gasteiger partial charge is 0.497 e. The zero-order valence-corrected chi connectivity index (χ0v) is 18.3. The molecule has 3 aromatic carbocycles. The van der Waals surface area contributed by atoms with Crippen LogP contribution in [0.4, 0.5) is 11.5 Å². The molecule has 1 N–H and O–H groups in total. The molecule has 2 heterocycles. The van der Waals surface area contributed by atoms with Crippen LogP contribution >= 0.6 is 0 Å². The van der Waals surface area contributed by atoms with Crippen molar-refractivity contribution in [1.29, 1.82) is 0 Å². The normalized spacial score (nSPS) is 11.0. The van der Waals surface area contributed by atoms with E-state index in [2.05, 4.69) is 70.2 Å². The summed E-state index contributed by atoms with van der Waals surface area (Å²) in [4.78, 5) is 9.29. The van der Waals surface area contributed by atoms with Gasteiger partial charge in [0.15, 0.2) is 5.65 Å². The van der Waals surface area contributed by atoms with Gasteiger partial charge in [-0.2, -0.15) is 0 Å². The fourth-order valence-corrected chi connectivity index (χ4v) is 4.12. The number of fused-ring (bicyclic) bond motifs is 1. The van der Waals surface area contributed by atoms with E-state index in [1.807, 2.05) is 42.5 Å². The highest BCUT2D eigenvalue weighted by Crippen LogP contribution is 2.36. The summed E-state index contributed by atoms with van der Waals surface area (Å²) in [6.07, 6.45) is 3.74. The number of aryl methyl sites for hydroxylation is 2. The van der Waals surface area contributed by atoms with Crippen LogP contribution in [0.25, 0.3) is 27.8 Å². The quantitative estimate of drug-likeness (QED) is 0.355. The average Bonchev–Trinajstić information content (AvgIpc) is 3.20.